The third kappa shape index (κ3) is 3.55. The lowest BCUT2D eigenvalue weighted by Gasteiger charge is -2.06. The van der Waals surface area contributed by atoms with Gasteiger partial charge < -0.3 is 23.0 Å². The van der Waals surface area contributed by atoms with Crippen LogP contribution in [0.2, 0.25) is 0 Å². The molecule has 0 spiro atoms. The van der Waals surface area contributed by atoms with Crippen LogP contribution in [0.1, 0.15) is 39.2 Å². The van der Waals surface area contributed by atoms with E-state index in [0.717, 1.165) is 5.39 Å². The molecule has 7 nitrogen and oxygen atoms in total. The maximum Gasteiger partial charge on any atom is 0.374 e. The molecule has 0 aliphatic carbocycles. The van der Waals surface area contributed by atoms with Gasteiger partial charge in [0, 0.05) is 23.4 Å². The molecule has 154 valence electrons. The molecule has 4 aromatic rings. The van der Waals surface area contributed by atoms with Crippen LogP contribution in [0.5, 0.6) is 0 Å². The van der Waals surface area contributed by atoms with Gasteiger partial charge in [0.1, 0.15) is 17.8 Å². The molecule has 0 radical (unpaired) electrons. The highest BCUT2D eigenvalue weighted by atomic mass is 16.6. The van der Waals surface area contributed by atoms with Crippen molar-refractivity contribution in [1.29, 1.82) is 0 Å². The van der Waals surface area contributed by atoms with Crippen molar-refractivity contribution >= 4 is 33.9 Å². The van der Waals surface area contributed by atoms with Gasteiger partial charge in [0.15, 0.2) is 0 Å². The molecule has 30 heavy (non-hydrogen) atoms. The fourth-order valence-corrected chi connectivity index (χ4v) is 3.36. The molecule has 4 rings (SSSR count). The summed E-state index contributed by atoms with van der Waals surface area (Å²) < 4.78 is 27.2. The Kier molecular flexibility index (Phi) is 5.54. The Balaban J connectivity index is 1.65. The minimum Gasteiger partial charge on any atom is -0.460 e. The summed E-state index contributed by atoms with van der Waals surface area (Å²) in [4.78, 5) is 25.1. The van der Waals surface area contributed by atoms with Gasteiger partial charge in [-0.15, -0.1) is 0 Å². The van der Waals surface area contributed by atoms with Gasteiger partial charge in [-0.2, -0.15) is 0 Å². The van der Waals surface area contributed by atoms with Crippen LogP contribution in [0.15, 0.2) is 57.4 Å². The monoisotopic (exact) mass is 408 g/mol. The molecular formula is C23H20O7. The number of fused-ring (bicyclic) bond motifs is 2. The molecule has 2 aromatic carbocycles. The highest BCUT2D eigenvalue weighted by Crippen LogP contribution is 2.30. The number of para-hydroxylation sites is 2. The first kappa shape index (κ1) is 19.7. The van der Waals surface area contributed by atoms with Gasteiger partial charge in [-0.1, -0.05) is 36.4 Å². The summed E-state index contributed by atoms with van der Waals surface area (Å²) in [7, 11) is 1.54. The van der Waals surface area contributed by atoms with Gasteiger partial charge in [0.2, 0.25) is 11.5 Å². The Bertz CT molecular complexity index is 1210. The summed E-state index contributed by atoms with van der Waals surface area (Å²) in [6.45, 7) is 1.94. The van der Waals surface area contributed by atoms with E-state index in [0.29, 0.717) is 27.7 Å². The van der Waals surface area contributed by atoms with Crippen LogP contribution in [-0.4, -0.2) is 25.7 Å². The Morgan fingerprint density at radius 3 is 1.80 bits per heavy atom. The molecule has 7 heteroatoms. The average molecular weight is 408 g/mol. The number of hydrogen-bond donors (Lipinski definition) is 0. The summed E-state index contributed by atoms with van der Waals surface area (Å²) in [6.07, 6.45) is 0. The van der Waals surface area contributed by atoms with Crippen LogP contribution in [0, 0.1) is 0 Å². The molecule has 0 atom stereocenters. The summed E-state index contributed by atoms with van der Waals surface area (Å²) in [6, 6.07) is 14.4. The van der Waals surface area contributed by atoms with Gasteiger partial charge in [0.05, 0.1) is 18.8 Å². The van der Waals surface area contributed by atoms with Crippen LogP contribution in [-0.2, 0) is 27.4 Å². The van der Waals surface area contributed by atoms with E-state index >= 15 is 0 Å². The van der Waals surface area contributed by atoms with E-state index in [1.54, 1.807) is 38.3 Å². The second-order valence-corrected chi connectivity index (χ2v) is 6.54. The standard InChI is InChI=1S/C23H20O7/c1-3-27-22(24)21-17(15-9-5-7-11-19(15)30-21)13-28-23(25)20-16(12-26-2)14-8-4-6-10-18(14)29-20/h4-11H,3,12-13H2,1-2H3. The van der Waals surface area contributed by atoms with Crippen LogP contribution < -0.4 is 0 Å². The fraction of sp³-hybridized carbons (Fsp3) is 0.217. The van der Waals surface area contributed by atoms with E-state index in [-0.39, 0.29) is 31.3 Å². The zero-order valence-corrected chi connectivity index (χ0v) is 16.6. The molecule has 2 aromatic heterocycles. The zero-order chi connectivity index (χ0) is 21.1. The highest BCUT2D eigenvalue weighted by Gasteiger charge is 2.25. The minimum absolute atomic E-state index is 0.0209. The van der Waals surface area contributed by atoms with E-state index in [4.69, 9.17) is 23.0 Å². The third-order valence-corrected chi connectivity index (χ3v) is 4.68. The summed E-state index contributed by atoms with van der Waals surface area (Å²) in [5, 5.41) is 1.46. The Morgan fingerprint density at radius 2 is 1.27 bits per heavy atom. The fourth-order valence-electron chi connectivity index (χ4n) is 3.36. The number of esters is 2. The third-order valence-electron chi connectivity index (χ3n) is 4.68. The molecule has 0 bridgehead atoms. The number of carbonyl (C=O) groups excluding carboxylic acids is 2. The number of rotatable bonds is 7. The van der Waals surface area contributed by atoms with Crippen molar-refractivity contribution in [3.8, 4) is 0 Å². The van der Waals surface area contributed by atoms with Gasteiger partial charge >= 0.3 is 11.9 Å². The molecule has 0 saturated heterocycles. The maximum absolute atomic E-state index is 12.8. The van der Waals surface area contributed by atoms with E-state index in [1.165, 1.54) is 0 Å². The molecule has 0 amide bonds. The number of benzene rings is 2. The summed E-state index contributed by atoms with van der Waals surface area (Å²) in [5.74, 6) is -1.17. The minimum atomic E-state index is -0.654. The molecule has 0 fully saturated rings. The average Bonchev–Trinajstić information content (AvgIpc) is 3.31. The van der Waals surface area contributed by atoms with Crippen LogP contribution in [0.25, 0.3) is 21.9 Å². The topological polar surface area (TPSA) is 88.1 Å². The number of hydrogen-bond acceptors (Lipinski definition) is 7. The van der Waals surface area contributed by atoms with Crippen molar-refractivity contribution in [3.05, 3.63) is 71.2 Å². The molecule has 2 heterocycles. The largest absolute Gasteiger partial charge is 0.460 e. The molecule has 0 unspecified atom stereocenters. The summed E-state index contributed by atoms with van der Waals surface area (Å²) >= 11 is 0. The molecule has 0 aliphatic heterocycles. The van der Waals surface area contributed by atoms with Crippen molar-refractivity contribution in [3.63, 3.8) is 0 Å². The highest BCUT2D eigenvalue weighted by molar-refractivity contribution is 5.98. The van der Waals surface area contributed by atoms with Crippen molar-refractivity contribution < 1.29 is 32.6 Å². The van der Waals surface area contributed by atoms with Crippen molar-refractivity contribution in [2.75, 3.05) is 13.7 Å². The van der Waals surface area contributed by atoms with E-state index in [2.05, 4.69) is 0 Å². The van der Waals surface area contributed by atoms with Crippen LogP contribution in [0.4, 0.5) is 0 Å². The molecule has 0 saturated carbocycles. The SMILES string of the molecule is CCOC(=O)c1oc2ccccc2c1COC(=O)c1oc2ccccc2c1COC. The van der Waals surface area contributed by atoms with Gasteiger partial charge in [0.25, 0.3) is 0 Å². The Morgan fingerprint density at radius 1 is 0.767 bits per heavy atom. The molecule has 0 aliphatic rings. The lowest BCUT2D eigenvalue weighted by molar-refractivity contribution is 0.0408. The first-order valence-corrected chi connectivity index (χ1v) is 9.48. The predicted molar refractivity (Wildman–Crippen MR) is 108 cm³/mol. The molecular weight excluding hydrogens is 388 g/mol. The quantitative estimate of drug-likeness (QED) is 0.404. The predicted octanol–water partition coefficient (Wildman–Crippen LogP) is 4.86. The number of methoxy groups -OCH3 is 1. The van der Waals surface area contributed by atoms with Crippen molar-refractivity contribution in [2.45, 2.75) is 20.1 Å². The van der Waals surface area contributed by atoms with E-state index in [9.17, 15) is 9.59 Å². The summed E-state index contributed by atoms with van der Waals surface area (Å²) in [5.41, 5.74) is 2.13. The first-order chi connectivity index (χ1) is 14.6. The number of ether oxygens (including phenoxy) is 3. The van der Waals surface area contributed by atoms with Gasteiger partial charge in [-0.3, -0.25) is 0 Å². The smallest absolute Gasteiger partial charge is 0.374 e. The Labute approximate surface area is 172 Å². The zero-order valence-electron chi connectivity index (χ0n) is 16.6. The van der Waals surface area contributed by atoms with E-state index in [1.807, 2.05) is 24.3 Å². The normalized spacial score (nSPS) is 11.1. The van der Waals surface area contributed by atoms with E-state index < -0.39 is 11.9 Å². The second-order valence-electron chi connectivity index (χ2n) is 6.54. The van der Waals surface area contributed by atoms with Crippen molar-refractivity contribution in [2.24, 2.45) is 0 Å². The first-order valence-electron chi connectivity index (χ1n) is 9.48. The number of carbonyl (C=O) groups is 2. The lowest BCUT2D eigenvalue weighted by atomic mass is 10.1. The van der Waals surface area contributed by atoms with Crippen LogP contribution in [0.3, 0.4) is 0 Å². The van der Waals surface area contributed by atoms with Crippen LogP contribution >= 0.6 is 0 Å². The van der Waals surface area contributed by atoms with Crippen molar-refractivity contribution in [1.82, 2.24) is 0 Å². The lowest BCUT2D eigenvalue weighted by Crippen LogP contribution is -2.10. The second kappa shape index (κ2) is 8.42. The molecule has 0 N–H and O–H groups in total. The number of furan rings is 2. The maximum atomic E-state index is 12.8. The Hall–Kier alpha value is -3.58. The van der Waals surface area contributed by atoms with Gasteiger partial charge in [-0.05, 0) is 19.1 Å². The van der Waals surface area contributed by atoms with Gasteiger partial charge in [-0.25, -0.2) is 9.59 Å².